The van der Waals surface area contributed by atoms with E-state index in [1.165, 1.54) is 17.8 Å². The first-order valence-electron chi connectivity index (χ1n) is 15.3. The Kier molecular flexibility index (Phi) is 14.4. The molecule has 0 spiro atoms. The van der Waals surface area contributed by atoms with Crippen LogP contribution in [0.3, 0.4) is 0 Å². The summed E-state index contributed by atoms with van der Waals surface area (Å²) in [5.41, 5.74) is 0.118. The summed E-state index contributed by atoms with van der Waals surface area (Å²) in [6.07, 6.45) is 4.47. The van der Waals surface area contributed by atoms with Crippen molar-refractivity contribution in [2.24, 2.45) is 16.1 Å². The molecule has 0 bridgehead atoms. The molecular weight excluding hydrogens is 701 g/mol. The van der Waals surface area contributed by atoms with Gasteiger partial charge in [-0.25, -0.2) is 4.68 Å². The molecular formula is C27H41Cl2N7O9S2. The van der Waals surface area contributed by atoms with Crippen molar-refractivity contribution >= 4 is 61.1 Å². The van der Waals surface area contributed by atoms with Gasteiger partial charge in [0.15, 0.2) is 5.82 Å². The zero-order chi connectivity index (χ0) is 34.9. The van der Waals surface area contributed by atoms with Crippen molar-refractivity contribution < 1.29 is 40.6 Å². The first-order chi connectivity index (χ1) is 22.0. The van der Waals surface area contributed by atoms with Crippen LogP contribution in [0.25, 0.3) is 0 Å². The molecule has 1 aromatic rings. The van der Waals surface area contributed by atoms with E-state index in [2.05, 4.69) is 25.5 Å². The van der Waals surface area contributed by atoms with E-state index in [0.29, 0.717) is 45.2 Å². The molecule has 2 aliphatic carbocycles. The third-order valence-corrected chi connectivity index (χ3v) is 11.0. The fourth-order valence-electron chi connectivity index (χ4n) is 6.23. The van der Waals surface area contributed by atoms with Gasteiger partial charge in [-0.1, -0.05) is 0 Å². The zero-order valence-corrected chi connectivity index (χ0v) is 29.0. The minimum atomic E-state index is -4.11. The highest BCUT2D eigenvalue weighted by atomic mass is 35.5. The Morgan fingerprint density at radius 3 is 2.11 bits per heavy atom. The van der Waals surface area contributed by atoms with Gasteiger partial charge in [0.25, 0.3) is 20.2 Å². The van der Waals surface area contributed by atoms with Crippen LogP contribution in [-0.4, -0.2) is 111 Å². The monoisotopic (exact) mass is 741 g/mol. The molecule has 5 unspecified atom stereocenters. The number of nitrogens with zero attached hydrogens (tertiary/aromatic N) is 6. The number of azo groups is 1. The smallest absolute Gasteiger partial charge is 0.306 e. The lowest BCUT2D eigenvalue weighted by Gasteiger charge is -2.40. The molecule has 1 heterocycles. The van der Waals surface area contributed by atoms with Gasteiger partial charge in [-0.3, -0.25) is 18.7 Å². The summed E-state index contributed by atoms with van der Waals surface area (Å²) in [6.45, 7) is 2.29. The maximum Gasteiger partial charge on any atom is 0.306 e. The standard InChI is InChI=1S/C27H41Cl2N7O9S2/c1-17(37)32-24-14-20(35(8-2-4-10-46(40,41)42)9-3-5-11-47(43,44)45)6-7-23(24)33-34-26-19(15-30)16-31-36(26)25-21(28)12-18(27(38)39)13-22(25)29/h16,18,20-25H,2-14H2,1H3,(H,32,37)(H,38,39)(H,40,41,42)(H,43,44,45). The summed E-state index contributed by atoms with van der Waals surface area (Å²) in [5, 5.41) is 33.9. The van der Waals surface area contributed by atoms with Crippen LogP contribution in [0.1, 0.15) is 76.3 Å². The van der Waals surface area contributed by atoms with Gasteiger partial charge in [-0.05, 0) is 70.9 Å². The molecule has 0 aromatic carbocycles. The van der Waals surface area contributed by atoms with E-state index in [4.69, 9.17) is 32.3 Å². The van der Waals surface area contributed by atoms with Crippen molar-refractivity contribution in [3.63, 3.8) is 0 Å². The predicted octanol–water partition coefficient (Wildman–Crippen LogP) is 3.15. The van der Waals surface area contributed by atoms with Gasteiger partial charge in [-0.15, -0.1) is 28.3 Å². The Hall–Kier alpha value is -2.40. The minimum absolute atomic E-state index is 0.0894. The number of unbranched alkanes of at least 4 members (excludes halogenated alkanes) is 2. The lowest BCUT2D eigenvalue weighted by molar-refractivity contribution is -0.142. The van der Waals surface area contributed by atoms with Crippen molar-refractivity contribution in [1.82, 2.24) is 20.0 Å². The lowest BCUT2D eigenvalue weighted by Crippen LogP contribution is -2.51. The van der Waals surface area contributed by atoms with Crippen LogP contribution in [0.15, 0.2) is 16.4 Å². The minimum Gasteiger partial charge on any atom is -0.481 e. The summed E-state index contributed by atoms with van der Waals surface area (Å²) < 4.78 is 64.3. The Bertz CT molecular complexity index is 1480. The number of carbonyl (C=O) groups is 2. The second-order valence-electron chi connectivity index (χ2n) is 12.0. The number of amides is 1. The van der Waals surface area contributed by atoms with Crippen LogP contribution in [0, 0.1) is 17.2 Å². The third-order valence-electron chi connectivity index (χ3n) is 8.47. The molecule has 1 aromatic heterocycles. The molecule has 4 N–H and O–H groups in total. The average molecular weight is 743 g/mol. The van der Waals surface area contributed by atoms with E-state index in [-0.39, 0.29) is 60.5 Å². The summed E-state index contributed by atoms with van der Waals surface area (Å²) in [6, 6.07) is 0.328. The largest absolute Gasteiger partial charge is 0.481 e. The van der Waals surface area contributed by atoms with E-state index < -0.39 is 61.0 Å². The second kappa shape index (κ2) is 17.3. The number of aliphatic carboxylic acids is 1. The Labute approximate surface area is 284 Å². The topological polar surface area (TPSA) is 245 Å². The highest BCUT2D eigenvalue weighted by Gasteiger charge is 2.42. The number of aromatic nitrogens is 2. The number of nitrogens with one attached hydrogen (secondary N) is 1. The normalized spacial score (nSPS) is 27.1. The number of alkyl halides is 2. The van der Waals surface area contributed by atoms with E-state index >= 15 is 0 Å². The van der Waals surface area contributed by atoms with Gasteiger partial charge in [0, 0.05) is 13.0 Å². The Morgan fingerprint density at radius 2 is 1.62 bits per heavy atom. The first kappa shape index (κ1) is 39.0. The number of carboxylic acid groups (broad SMARTS) is 1. The molecule has 2 fully saturated rings. The molecule has 0 radical (unpaired) electrons. The van der Waals surface area contributed by atoms with Crippen molar-refractivity contribution in [3.8, 4) is 6.07 Å². The highest BCUT2D eigenvalue weighted by Crippen LogP contribution is 2.41. The van der Waals surface area contributed by atoms with Crippen LogP contribution in [-0.2, 0) is 29.8 Å². The number of rotatable bonds is 16. The molecule has 1 amide bonds. The number of nitriles is 1. The van der Waals surface area contributed by atoms with Crippen LogP contribution in [0.4, 0.5) is 5.82 Å². The molecule has 2 aliphatic rings. The number of halogens is 2. The van der Waals surface area contributed by atoms with E-state index in [0.717, 1.165) is 0 Å². The van der Waals surface area contributed by atoms with Crippen LogP contribution in [0.2, 0.25) is 0 Å². The van der Waals surface area contributed by atoms with E-state index in [1.807, 2.05) is 6.07 Å². The Morgan fingerprint density at radius 1 is 1.04 bits per heavy atom. The average Bonchev–Trinajstić information content (AvgIpc) is 3.36. The molecule has 16 nitrogen and oxygen atoms in total. The van der Waals surface area contributed by atoms with Gasteiger partial charge in [0.1, 0.15) is 11.6 Å². The van der Waals surface area contributed by atoms with Crippen LogP contribution < -0.4 is 5.32 Å². The molecule has 3 rings (SSSR count). The SMILES string of the molecule is CC(=O)NC1CC(N(CCCCS(=O)(=O)O)CCCCS(=O)(=O)O)CCC1N=Nc1c(C#N)cnn1C1C(Cl)CC(C(=O)O)CC1Cl. The zero-order valence-electron chi connectivity index (χ0n) is 25.9. The van der Waals surface area contributed by atoms with Gasteiger partial charge >= 0.3 is 5.97 Å². The van der Waals surface area contributed by atoms with Crippen LogP contribution >= 0.6 is 23.2 Å². The molecule has 2 saturated carbocycles. The lowest BCUT2D eigenvalue weighted by atomic mass is 9.85. The number of hydrogen-bond acceptors (Lipinski definition) is 11. The van der Waals surface area contributed by atoms with Gasteiger partial charge in [-0.2, -0.15) is 32.3 Å². The summed E-state index contributed by atoms with van der Waals surface area (Å²) >= 11 is 13.2. The van der Waals surface area contributed by atoms with Crippen molar-refractivity contribution in [1.29, 1.82) is 5.26 Å². The molecule has 20 heteroatoms. The summed E-state index contributed by atoms with van der Waals surface area (Å²) in [7, 11) is -8.23. The number of carbonyl (C=O) groups excluding carboxylic acids is 1. The molecule has 47 heavy (non-hydrogen) atoms. The molecule has 0 aliphatic heterocycles. The highest BCUT2D eigenvalue weighted by molar-refractivity contribution is 7.86. The maximum atomic E-state index is 12.2. The molecule has 264 valence electrons. The second-order valence-corrected chi connectivity index (χ2v) is 16.3. The predicted molar refractivity (Wildman–Crippen MR) is 172 cm³/mol. The maximum absolute atomic E-state index is 12.2. The van der Waals surface area contributed by atoms with Crippen molar-refractivity contribution in [2.45, 2.75) is 99.6 Å². The first-order valence-corrected chi connectivity index (χ1v) is 19.4. The van der Waals surface area contributed by atoms with E-state index in [9.17, 15) is 36.8 Å². The van der Waals surface area contributed by atoms with Gasteiger partial charge < -0.3 is 15.3 Å². The fraction of sp³-hybridized carbons (Fsp3) is 0.778. The van der Waals surface area contributed by atoms with Crippen molar-refractivity contribution in [3.05, 3.63) is 11.8 Å². The van der Waals surface area contributed by atoms with Crippen LogP contribution in [0.5, 0.6) is 0 Å². The van der Waals surface area contributed by atoms with Gasteiger partial charge in [0.05, 0.1) is 52.5 Å². The quantitative estimate of drug-likeness (QED) is 0.0826. The van der Waals surface area contributed by atoms with E-state index in [1.54, 1.807) is 0 Å². The molecule has 5 atom stereocenters. The molecule has 0 saturated heterocycles. The van der Waals surface area contributed by atoms with Crippen molar-refractivity contribution in [2.75, 3.05) is 24.6 Å². The number of carboxylic acids is 1. The number of hydrogen-bond donors (Lipinski definition) is 4. The third kappa shape index (κ3) is 12.2. The summed E-state index contributed by atoms with van der Waals surface area (Å²) in [4.78, 5) is 25.8. The van der Waals surface area contributed by atoms with Gasteiger partial charge in [0.2, 0.25) is 5.91 Å². The fourth-order valence-corrected chi connectivity index (χ4v) is 8.44. The Balaban J connectivity index is 1.79. The summed E-state index contributed by atoms with van der Waals surface area (Å²) in [5.74, 6) is -2.66.